The molecule has 1 unspecified atom stereocenters. The molecular formula is C16H28N2O. The van der Waals surface area contributed by atoms with Gasteiger partial charge in [0.25, 0.3) is 0 Å². The third-order valence-electron chi connectivity index (χ3n) is 4.20. The molecule has 1 atom stereocenters. The van der Waals surface area contributed by atoms with Crippen LogP contribution in [0.4, 0.5) is 0 Å². The predicted octanol–water partition coefficient (Wildman–Crippen LogP) is 3.32. The Morgan fingerprint density at radius 2 is 2.26 bits per heavy atom. The quantitative estimate of drug-likeness (QED) is 0.854. The monoisotopic (exact) mass is 264 g/mol. The van der Waals surface area contributed by atoms with E-state index in [-0.39, 0.29) is 0 Å². The zero-order chi connectivity index (χ0) is 13.7. The van der Waals surface area contributed by atoms with Crippen LogP contribution in [0.3, 0.4) is 0 Å². The van der Waals surface area contributed by atoms with Crippen molar-refractivity contribution in [2.24, 2.45) is 5.92 Å². The topological polar surface area (TPSA) is 28.4 Å². The molecule has 108 valence electrons. The fraction of sp³-hybridized carbons (Fsp3) is 0.750. The molecule has 0 aromatic carbocycles. The zero-order valence-electron chi connectivity index (χ0n) is 12.7. The molecule has 3 heteroatoms. The molecule has 2 heterocycles. The highest BCUT2D eigenvalue weighted by Gasteiger charge is 2.20. The van der Waals surface area contributed by atoms with E-state index in [9.17, 15) is 0 Å². The summed E-state index contributed by atoms with van der Waals surface area (Å²) in [6.45, 7) is 11.9. The van der Waals surface area contributed by atoms with E-state index in [0.29, 0.717) is 0 Å². The van der Waals surface area contributed by atoms with Gasteiger partial charge in [-0.1, -0.05) is 20.3 Å². The van der Waals surface area contributed by atoms with Crippen LogP contribution in [-0.4, -0.2) is 24.5 Å². The van der Waals surface area contributed by atoms with Gasteiger partial charge in [0.05, 0.1) is 6.54 Å². The average molecular weight is 264 g/mol. The molecule has 0 aliphatic carbocycles. The van der Waals surface area contributed by atoms with Crippen LogP contribution in [0.15, 0.2) is 10.5 Å². The minimum atomic E-state index is 0.842. The molecule has 0 radical (unpaired) electrons. The standard InChI is InChI=1S/C16H28N2O/c1-4-14-7-6-8-18(11-14)12-15-9-16(10-17-5-2)19-13(15)3/h9,14,17H,4-8,10-12H2,1-3H3. The van der Waals surface area contributed by atoms with E-state index in [0.717, 1.165) is 37.1 Å². The first-order valence-electron chi connectivity index (χ1n) is 7.74. The lowest BCUT2D eigenvalue weighted by Crippen LogP contribution is -2.34. The van der Waals surface area contributed by atoms with Gasteiger partial charge in [-0.3, -0.25) is 4.90 Å². The summed E-state index contributed by atoms with van der Waals surface area (Å²) in [4.78, 5) is 2.59. The molecule has 1 aliphatic rings. The first-order chi connectivity index (χ1) is 9.22. The largest absolute Gasteiger partial charge is 0.465 e. The third-order valence-corrected chi connectivity index (χ3v) is 4.20. The highest BCUT2D eigenvalue weighted by atomic mass is 16.3. The van der Waals surface area contributed by atoms with Crippen molar-refractivity contribution in [1.82, 2.24) is 10.2 Å². The molecule has 1 fully saturated rings. The van der Waals surface area contributed by atoms with E-state index in [1.165, 1.54) is 37.9 Å². The summed E-state index contributed by atoms with van der Waals surface area (Å²) in [5, 5.41) is 3.32. The van der Waals surface area contributed by atoms with Crippen molar-refractivity contribution >= 4 is 0 Å². The lowest BCUT2D eigenvalue weighted by atomic mass is 9.95. The van der Waals surface area contributed by atoms with Gasteiger partial charge in [0.15, 0.2) is 0 Å². The first-order valence-corrected chi connectivity index (χ1v) is 7.74. The third kappa shape index (κ3) is 4.08. The van der Waals surface area contributed by atoms with E-state index in [2.05, 4.69) is 37.1 Å². The maximum absolute atomic E-state index is 5.82. The number of aryl methyl sites for hydroxylation is 1. The average Bonchev–Trinajstić information content (AvgIpc) is 2.77. The molecule has 19 heavy (non-hydrogen) atoms. The Kier molecular flexibility index (Phi) is 5.46. The van der Waals surface area contributed by atoms with Crippen molar-refractivity contribution in [3.8, 4) is 0 Å². The molecule has 0 amide bonds. The van der Waals surface area contributed by atoms with Crippen LogP contribution in [0.25, 0.3) is 0 Å². The molecule has 0 bridgehead atoms. The number of likely N-dealkylation sites (tertiary alicyclic amines) is 1. The second kappa shape index (κ2) is 7.11. The van der Waals surface area contributed by atoms with E-state index in [1.54, 1.807) is 0 Å². The number of nitrogens with one attached hydrogen (secondary N) is 1. The van der Waals surface area contributed by atoms with Crippen molar-refractivity contribution in [3.63, 3.8) is 0 Å². The fourth-order valence-electron chi connectivity index (χ4n) is 2.95. The highest BCUT2D eigenvalue weighted by Crippen LogP contribution is 2.23. The minimum absolute atomic E-state index is 0.842. The SMILES string of the molecule is CCNCc1cc(CN2CCCC(CC)C2)c(C)o1. The van der Waals surface area contributed by atoms with Gasteiger partial charge in [0, 0.05) is 18.7 Å². The van der Waals surface area contributed by atoms with Crippen LogP contribution >= 0.6 is 0 Å². The van der Waals surface area contributed by atoms with Gasteiger partial charge in [-0.2, -0.15) is 0 Å². The fourth-order valence-corrected chi connectivity index (χ4v) is 2.95. The van der Waals surface area contributed by atoms with E-state index >= 15 is 0 Å². The molecule has 1 aromatic heterocycles. The summed E-state index contributed by atoms with van der Waals surface area (Å²) in [7, 11) is 0. The second-order valence-electron chi connectivity index (χ2n) is 5.73. The van der Waals surface area contributed by atoms with E-state index in [1.807, 2.05) is 0 Å². The molecule has 2 rings (SSSR count). The predicted molar refractivity (Wildman–Crippen MR) is 79.1 cm³/mol. The maximum Gasteiger partial charge on any atom is 0.118 e. The Bertz CT molecular complexity index is 386. The smallest absolute Gasteiger partial charge is 0.118 e. The molecule has 1 N–H and O–H groups in total. The Morgan fingerprint density at radius 1 is 1.42 bits per heavy atom. The molecular weight excluding hydrogens is 236 g/mol. The van der Waals surface area contributed by atoms with Crippen molar-refractivity contribution < 1.29 is 4.42 Å². The number of piperidine rings is 1. The van der Waals surface area contributed by atoms with Crippen LogP contribution in [0, 0.1) is 12.8 Å². The zero-order valence-corrected chi connectivity index (χ0v) is 12.7. The van der Waals surface area contributed by atoms with E-state index < -0.39 is 0 Å². The molecule has 1 aromatic rings. The second-order valence-corrected chi connectivity index (χ2v) is 5.73. The minimum Gasteiger partial charge on any atom is -0.465 e. The number of furan rings is 1. The molecule has 1 aliphatic heterocycles. The summed E-state index contributed by atoms with van der Waals surface area (Å²) >= 11 is 0. The number of rotatable bonds is 6. The van der Waals surface area contributed by atoms with Crippen LogP contribution in [0.2, 0.25) is 0 Å². The number of hydrogen-bond donors (Lipinski definition) is 1. The summed E-state index contributed by atoms with van der Waals surface area (Å²) in [6, 6.07) is 2.23. The van der Waals surface area contributed by atoms with Crippen molar-refractivity contribution in [3.05, 3.63) is 23.2 Å². The van der Waals surface area contributed by atoms with Crippen LogP contribution in [-0.2, 0) is 13.1 Å². The Morgan fingerprint density at radius 3 is 3.00 bits per heavy atom. The lowest BCUT2D eigenvalue weighted by molar-refractivity contribution is 0.164. The van der Waals surface area contributed by atoms with Gasteiger partial charge in [-0.05, 0) is 44.8 Å². The van der Waals surface area contributed by atoms with Gasteiger partial charge < -0.3 is 9.73 Å². The summed E-state index contributed by atoms with van der Waals surface area (Å²) in [6.07, 6.45) is 4.06. The molecule has 0 saturated carbocycles. The highest BCUT2D eigenvalue weighted by molar-refractivity contribution is 5.20. The van der Waals surface area contributed by atoms with Crippen molar-refractivity contribution in [1.29, 1.82) is 0 Å². The summed E-state index contributed by atoms with van der Waals surface area (Å²) < 4.78 is 5.82. The molecule has 1 saturated heterocycles. The van der Waals surface area contributed by atoms with Gasteiger partial charge in [-0.15, -0.1) is 0 Å². The van der Waals surface area contributed by atoms with Gasteiger partial charge in [0.1, 0.15) is 11.5 Å². The molecule has 3 nitrogen and oxygen atoms in total. The van der Waals surface area contributed by atoms with Crippen LogP contribution < -0.4 is 5.32 Å². The van der Waals surface area contributed by atoms with Crippen LogP contribution in [0.5, 0.6) is 0 Å². The Balaban J connectivity index is 1.92. The van der Waals surface area contributed by atoms with Gasteiger partial charge >= 0.3 is 0 Å². The number of nitrogens with zero attached hydrogens (tertiary/aromatic N) is 1. The molecule has 0 spiro atoms. The summed E-state index contributed by atoms with van der Waals surface area (Å²) in [5.74, 6) is 3.05. The first kappa shape index (κ1) is 14.6. The number of hydrogen-bond acceptors (Lipinski definition) is 3. The lowest BCUT2D eigenvalue weighted by Gasteiger charge is -2.32. The van der Waals surface area contributed by atoms with Crippen LogP contribution in [0.1, 0.15) is 50.2 Å². The van der Waals surface area contributed by atoms with Gasteiger partial charge in [-0.25, -0.2) is 0 Å². The van der Waals surface area contributed by atoms with Gasteiger partial charge in [0.2, 0.25) is 0 Å². The maximum atomic E-state index is 5.82. The summed E-state index contributed by atoms with van der Waals surface area (Å²) in [5.41, 5.74) is 1.37. The Labute approximate surface area is 117 Å². The normalized spacial score (nSPS) is 20.9. The van der Waals surface area contributed by atoms with Crippen molar-refractivity contribution in [2.45, 2.75) is 53.1 Å². The Hall–Kier alpha value is -0.800. The van der Waals surface area contributed by atoms with E-state index in [4.69, 9.17) is 4.42 Å². The van der Waals surface area contributed by atoms with Crippen molar-refractivity contribution in [2.75, 3.05) is 19.6 Å².